The number of benzene rings is 2. The maximum absolute atomic E-state index is 13.1. The molecule has 8 heteroatoms. The average molecular weight is 365 g/mol. The number of sulfonamides is 1. The van der Waals surface area contributed by atoms with Crippen molar-refractivity contribution in [1.82, 2.24) is 0 Å². The number of halogens is 1. The molecule has 1 N–H and O–H groups in total. The van der Waals surface area contributed by atoms with Crippen LogP contribution in [0.2, 0.25) is 5.02 Å². The Balaban J connectivity index is 1.80. The number of ether oxygens (including phenoxy) is 1. The van der Waals surface area contributed by atoms with Crippen molar-refractivity contribution in [3.8, 4) is 5.75 Å². The number of amides is 1. The standard InChI is InChI=1S/C16H13ClN2O4S/c17-11-7-12-14(23-9-16(20)18-12)8-15(11)24(21,22)19-6-5-10-3-1-2-4-13(10)19/h1-4,7-8H,5-6,9H2,(H,18,20). The van der Waals surface area contributed by atoms with Crippen LogP contribution in [-0.4, -0.2) is 27.5 Å². The number of nitrogens with zero attached hydrogens (tertiary/aromatic N) is 1. The monoisotopic (exact) mass is 364 g/mol. The topological polar surface area (TPSA) is 75.7 Å². The van der Waals surface area contributed by atoms with Crippen LogP contribution < -0.4 is 14.4 Å². The van der Waals surface area contributed by atoms with Gasteiger partial charge >= 0.3 is 0 Å². The van der Waals surface area contributed by atoms with E-state index < -0.39 is 10.0 Å². The van der Waals surface area contributed by atoms with Crippen molar-refractivity contribution in [2.24, 2.45) is 0 Å². The molecule has 4 rings (SSSR count). The van der Waals surface area contributed by atoms with Gasteiger partial charge in [0, 0.05) is 12.6 Å². The third-order valence-corrected chi connectivity index (χ3v) is 6.36. The minimum atomic E-state index is -3.82. The highest BCUT2D eigenvalue weighted by Gasteiger charge is 2.33. The predicted octanol–water partition coefficient (Wildman–Crippen LogP) is 2.42. The third kappa shape index (κ3) is 2.32. The second-order valence-corrected chi connectivity index (χ2v) is 7.81. The number of carbonyl (C=O) groups excluding carboxylic acids is 1. The summed E-state index contributed by atoms with van der Waals surface area (Å²) in [7, 11) is -3.82. The van der Waals surface area contributed by atoms with Crippen LogP contribution in [0, 0.1) is 0 Å². The minimum Gasteiger partial charge on any atom is -0.482 e. The van der Waals surface area contributed by atoms with Crippen molar-refractivity contribution < 1.29 is 17.9 Å². The Hall–Kier alpha value is -2.25. The van der Waals surface area contributed by atoms with Gasteiger partial charge in [-0.2, -0.15) is 0 Å². The lowest BCUT2D eigenvalue weighted by Gasteiger charge is -2.23. The smallest absolute Gasteiger partial charge is 0.265 e. The van der Waals surface area contributed by atoms with E-state index in [4.69, 9.17) is 16.3 Å². The highest BCUT2D eigenvalue weighted by molar-refractivity contribution is 7.93. The van der Waals surface area contributed by atoms with Gasteiger partial charge in [0.1, 0.15) is 10.6 Å². The molecule has 6 nitrogen and oxygen atoms in total. The van der Waals surface area contributed by atoms with Gasteiger partial charge in [0.2, 0.25) is 0 Å². The molecule has 2 aromatic carbocycles. The molecule has 0 unspecified atom stereocenters. The Morgan fingerprint density at radius 2 is 2.00 bits per heavy atom. The number of anilines is 2. The van der Waals surface area contributed by atoms with E-state index in [2.05, 4.69) is 5.32 Å². The molecule has 24 heavy (non-hydrogen) atoms. The largest absolute Gasteiger partial charge is 0.482 e. The van der Waals surface area contributed by atoms with Gasteiger partial charge in [-0.25, -0.2) is 8.42 Å². The molecule has 2 aliphatic rings. The number of carbonyl (C=O) groups is 1. The summed E-state index contributed by atoms with van der Waals surface area (Å²) >= 11 is 6.19. The van der Waals surface area contributed by atoms with Gasteiger partial charge in [-0.3, -0.25) is 9.10 Å². The van der Waals surface area contributed by atoms with Gasteiger partial charge in [0.25, 0.3) is 15.9 Å². The summed E-state index contributed by atoms with van der Waals surface area (Å²) in [5, 5.41) is 2.65. The zero-order valence-electron chi connectivity index (χ0n) is 12.5. The Kier molecular flexibility index (Phi) is 3.43. The summed E-state index contributed by atoms with van der Waals surface area (Å²) in [6.07, 6.45) is 0.657. The van der Waals surface area contributed by atoms with E-state index in [9.17, 15) is 13.2 Å². The second-order valence-electron chi connectivity index (χ2n) is 5.57. The van der Waals surface area contributed by atoms with Crippen LogP contribution >= 0.6 is 11.6 Å². The molecule has 0 fully saturated rings. The first-order valence-corrected chi connectivity index (χ1v) is 9.15. The van der Waals surface area contributed by atoms with Crippen LogP contribution in [0.4, 0.5) is 11.4 Å². The first-order chi connectivity index (χ1) is 11.5. The van der Waals surface area contributed by atoms with Gasteiger partial charge in [0.15, 0.2) is 6.61 Å². The van der Waals surface area contributed by atoms with Crippen molar-refractivity contribution >= 4 is 38.9 Å². The van der Waals surface area contributed by atoms with Crippen LogP contribution in [0.25, 0.3) is 0 Å². The normalized spacial score (nSPS) is 16.2. The number of nitrogens with one attached hydrogen (secondary N) is 1. The molecule has 0 radical (unpaired) electrons. The number of fused-ring (bicyclic) bond motifs is 2. The maximum Gasteiger partial charge on any atom is 0.265 e. The molecule has 0 spiro atoms. The number of hydrogen-bond donors (Lipinski definition) is 1. The van der Waals surface area contributed by atoms with E-state index in [0.717, 1.165) is 5.56 Å². The average Bonchev–Trinajstić information content (AvgIpc) is 2.98. The second kappa shape index (κ2) is 5.39. The van der Waals surface area contributed by atoms with Crippen LogP contribution in [0.15, 0.2) is 41.3 Å². The van der Waals surface area contributed by atoms with Crippen molar-refractivity contribution in [1.29, 1.82) is 0 Å². The van der Waals surface area contributed by atoms with E-state index in [1.807, 2.05) is 12.1 Å². The van der Waals surface area contributed by atoms with E-state index in [1.165, 1.54) is 16.4 Å². The lowest BCUT2D eigenvalue weighted by Crippen LogP contribution is -2.30. The highest BCUT2D eigenvalue weighted by Crippen LogP contribution is 2.39. The van der Waals surface area contributed by atoms with Gasteiger partial charge in [-0.1, -0.05) is 29.8 Å². The summed E-state index contributed by atoms with van der Waals surface area (Å²) in [5.74, 6) is -0.00676. The summed E-state index contributed by atoms with van der Waals surface area (Å²) < 4.78 is 32.8. The number of hydrogen-bond acceptors (Lipinski definition) is 4. The molecule has 124 valence electrons. The lowest BCUT2D eigenvalue weighted by molar-refractivity contribution is -0.118. The number of para-hydroxylation sites is 1. The molecular weight excluding hydrogens is 352 g/mol. The van der Waals surface area contributed by atoms with Gasteiger partial charge in [-0.15, -0.1) is 0 Å². The van der Waals surface area contributed by atoms with E-state index in [0.29, 0.717) is 30.1 Å². The van der Waals surface area contributed by atoms with Crippen LogP contribution in [0.5, 0.6) is 5.75 Å². The maximum atomic E-state index is 13.1. The molecule has 0 saturated carbocycles. The minimum absolute atomic E-state index is 0.0317. The summed E-state index contributed by atoms with van der Waals surface area (Å²) in [5.41, 5.74) is 2.02. The quantitative estimate of drug-likeness (QED) is 0.888. The molecule has 2 aromatic rings. The van der Waals surface area contributed by atoms with E-state index in [-0.39, 0.29) is 22.4 Å². The predicted molar refractivity (Wildman–Crippen MR) is 90.3 cm³/mol. The Morgan fingerprint density at radius 3 is 2.83 bits per heavy atom. The molecule has 0 bridgehead atoms. The summed E-state index contributed by atoms with van der Waals surface area (Å²) in [4.78, 5) is 11.3. The van der Waals surface area contributed by atoms with E-state index in [1.54, 1.807) is 12.1 Å². The molecule has 1 amide bonds. The summed E-state index contributed by atoms with van der Waals surface area (Å²) in [6, 6.07) is 10.2. The van der Waals surface area contributed by atoms with Gasteiger partial charge < -0.3 is 10.1 Å². The molecule has 0 aromatic heterocycles. The molecule has 0 saturated heterocycles. The first kappa shape index (κ1) is 15.3. The fourth-order valence-electron chi connectivity index (χ4n) is 2.96. The Labute approximate surface area is 144 Å². The third-order valence-electron chi connectivity index (χ3n) is 4.08. The fourth-order valence-corrected chi connectivity index (χ4v) is 4.98. The fraction of sp³-hybridized carbons (Fsp3) is 0.188. The van der Waals surface area contributed by atoms with Crippen molar-refractivity contribution in [3.63, 3.8) is 0 Å². The van der Waals surface area contributed by atoms with Crippen molar-refractivity contribution in [3.05, 3.63) is 47.0 Å². The van der Waals surface area contributed by atoms with Crippen LogP contribution in [0.3, 0.4) is 0 Å². The Bertz CT molecular complexity index is 959. The Morgan fingerprint density at radius 1 is 1.21 bits per heavy atom. The van der Waals surface area contributed by atoms with Gasteiger partial charge in [-0.05, 0) is 24.1 Å². The molecule has 0 aliphatic carbocycles. The SMILES string of the molecule is O=C1COc2cc(S(=O)(=O)N3CCc4ccccc43)c(Cl)cc2N1. The molecular formula is C16H13ClN2O4S. The number of rotatable bonds is 2. The molecule has 0 atom stereocenters. The van der Waals surface area contributed by atoms with Crippen LogP contribution in [-0.2, 0) is 21.2 Å². The van der Waals surface area contributed by atoms with E-state index >= 15 is 0 Å². The zero-order valence-corrected chi connectivity index (χ0v) is 14.0. The first-order valence-electron chi connectivity index (χ1n) is 7.33. The molecule has 2 heterocycles. The highest BCUT2D eigenvalue weighted by atomic mass is 35.5. The summed E-state index contributed by atoms with van der Waals surface area (Å²) in [6.45, 7) is 0.216. The van der Waals surface area contributed by atoms with Crippen molar-refractivity contribution in [2.45, 2.75) is 11.3 Å². The van der Waals surface area contributed by atoms with Crippen molar-refractivity contribution in [2.75, 3.05) is 22.8 Å². The zero-order chi connectivity index (χ0) is 16.9. The van der Waals surface area contributed by atoms with Crippen LogP contribution in [0.1, 0.15) is 5.56 Å². The lowest BCUT2D eigenvalue weighted by atomic mass is 10.2. The molecule has 2 aliphatic heterocycles. The van der Waals surface area contributed by atoms with Gasteiger partial charge in [0.05, 0.1) is 16.4 Å².